The molecule has 4 N–H and O–H groups in total. The van der Waals surface area contributed by atoms with Gasteiger partial charge in [0.2, 0.25) is 5.91 Å². The molecule has 0 aromatic heterocycles. The zero-order valence-corrected chi connectivity index (χ0v) is 20.3. The lowest BCUT2D eigenvalue weighted by molar-refractivity contribution is -0.205. The van der Waals surface area contributed by atoms with Crippen LogP contribution in [0, 0.1) is 23.7 Å². The van der Waals surface area contributed by atoms with Crippen LogP contribution in [0.2, 0.25) is 0 Å². The van der Waals surface area contributed by atoms with Gasteiger partial charge in [0, 0.05) is 12.3 Å². The summed E-state index contributed by atoms with van der Waals surface area (Å²) in [7, 11) is 2.91. The number of aromatic hydroxyl groups is 1. The number of amides is 1. The number of nitrogens with zero attached hydrogens (tertiary/aromatic N) is 1. The highest BCUT2D eigenvalue weighted by Gasteiger charge is 2.74. The van der Waals surface area contributed by atoms with E-state index in [1.807, 2.05) is 0 Å². The van der Waals surface area contributed by atoms with Crippen LogP contribution in [0.4, 0.5) is 0 Å². The number of fused-ring (bicyclic) bond motifs is 3. The predicted molar refractivity (Wildman–Crippen MR) is 122 cm³/mol. The number of phenolic OH excluding ortho intramolecular Hbond substituents is 1. The van der Waals surface area contributed by atoms with Crippen molar-refractivity contribution in [2.75, 3.05) is 14.1 Å². The molecule has 1 amide bonds. The highest BCUT2D eigenvalue weighted by atomic mass is 16.5. The molecule has 3 aliphatic carbocycles. The van der Waals surface area contributed by atoms with E-state index < -0.39 is 82.3 Å². The number of ether oxygens (including phenoxy) is 1. The van der Waals surface area contributed by atoms with Crippen molar-refractivity contribution >= 4 is 35.0 Å². The minimum absolute atomic E-state index is 0.0921. The summed E-state index contributed by atoms with van der Waals surface area (Å²) >= 11 is 0. The number of carbonyl (C=O) groups excluding carboxylic acids is 6. The standard InChI is InChI=1S/C25H28N2O9/c1-5-12(29)36-21-13-9(2)10-7-6-8-11(28)14(10)19(30)15(13)22(32)25(35)17(21)18(27(3)4)20(31)16(23(25)33)24(26)34/h6-9,13,15-18,21,28,35H,5H2,1-4H3,(H2,26,34)/t9-,13+,15?,16?,17+,18-,21-,25-/m1/s1. The summed E-state index contributed by atoms with van der Waals surface area (Å²) in [4.78, 5) is 80.4. The Hall–Kier alpha value is -3.44. The number of rotatable bonds is 4. The molecule has 8 atom stereocenters. The van der Waals surface area contributed by atoms with Gasteiger partial charge in [0.05, 0.1) is 23.4 Å². The summed E-state index contributed by atoms with van der Waals surface area (Å²) in [5.74, 6) is -14.0. The van der Waals surface area contributed by atoms with Crippen LogP contribution in [0.5, 0.6) is 5.75 Å². The molecular formula is C25H28N2O9. The fourth-order valence-corrected chi connectivity index (χ4v) is 6.30. The van der Waals surface area contributed by atoms with E-state index in [-0.39, 0.29) is 17.7 Å². The van der Waals surface area contributed by atoms with Gasteiger partial charge in [-0.3, -0.25) is 33.7 Å². The number of hydrogen-bond donors (Lipinski definition) is 3. The molecule has 2 unspecified atom stereocenters. The van der Waals surface area contributed by atoms with Crippen LogP contribution in [0.3, 0.4) is 0 Å². The average molecular weight is 501 g/mol. The molecule has 0 aliphatic heterocycles. The molecule has 0 bridgehead atoms. The highest BCUT2D eigenvalue weighted by molar-refractivity contribution is 6.32. The number of Topliss-reactive ketones (excluding diaryl/α,β-unsaturated/α-hetero) is 4. The molecule has 0 saturated heterocycles. The fraction of sp³-hybridized carbons (Fsp3) is 0.520. The average Bonchev–Trinajstić information content (AvgIpc) is 2.80. The number of benzene rings is 1. The summed E-state index contributed by atoms with van der Waals surface area (Å²) < 4.78 is 5.72. The molecule has 4 rings (SSSR count). The maximum absolute atomic E-state index is 14.0. The van der Waals surface area contributed by atoms with Crippen molar-refractivity contribution in [3.8, 4) is 5.75 Å². The third-order valence-electron chi connectivity index (χ3n) is 7.88. The Labute approximate surface area is 206 Å². The monoisotopic (exact) mass is 500 g/mol. The summed E-state index contributed by atoms with van der Waals surface area (Å²) in [6, 6.07) is 3.00. The number of ketones is 4. The van der Waals surface area contributed by atoms with E-state index in [4.69, 9.17) is 10.5 Å². The second-order valence-corrected chi connectivity index (χ2v) is 9.92. The quantitative estimate of drug-likeness (QED) is 0.355. The number of nitrogens with two attached hydrogens (primary N) is 1. The van der Waals surface area contributed by atoms with Crippen LogP contribution in [0.15, 0.2) is 18.2 Å². The Balaban J connectivity index is 2.03. The molecule has 1 aromatic carbocycles. The predicted octanol–water partition coefficient (Wildman–Crippen LogP) is -0.640. The first-order chi connectivity index (χ1) is 16.8. The lowest BCUT2D eigenvalue weighted by Gasteiger charge is -2.56. The molecule has 2 saturated carbocycles. The van der Waals surface area contributed by atoms with E-state index in [1.165, 1.54) is 38.1 Å². The number of primary amides is 1. The number of phenols is 1. The van der Waals surface area contributed by atoms with Crippen LogP contribution >= 0.6 is 0 Å². The van der Waals surface area contributed by atoms with E-state index in [0.717, 1.165) is 0 Å². The van der Waals surface area contributed by atoms with Crippen LogP contribution in [-0.4, -0.2) is 82.0 Å². The van der Waals surface area contributed by atoms with Gasteiger partial charge in [-0.1, -0.05) is 26.0 Å². The molecule has 0 spiro atoms. The van der Waals surface area contributed by atoms with Crippen molar-refractivity contribution in [1.82, 2.24) is 4.90 Å². The van der Waals surface area contributed by atoms with E-state index >= 15 is 0 Å². The third-order valence-corrected chi connectivity index (χ3v) is 7.88. The maximum atomic E-state index is 14.0. The van der Waals surface area contributed by atoms with E-state index in [9.17, 15) is 39.0 Å². The largest absolute Gasteiger partial charge is 0.507 e. The molecule has 192 valence electrons. The van der Waals surface area contributed by atoms with Gasteiger partial charge >= 0.3 is 5.97 Å². The van der Waals surface area contributed by atoms with Crippen LogP contribution < -0.4 is 5.73 Å². The van der Waals surface area contributed by atoms with Gasteiger partial charge < -0.3 is 20.7 Å². The maximum Gasteiger partial charge on any atom is 0.305 e. The minimum Gasteiger partial charge on any atom is -0.507 e. The third kappa shape index (κ3) is 3.26. The van der Waals surface area contributed by atoms with Crippen LogP contribution in [0.1, 0.15) is 42.1 Å². The van der Waals surface area contributed by atoms with Crippen molar-refractivity contribution in [3.63, 3.8) is 0 Å². The molecule has 11 nitrogen and oxygen atoms in total. The SMILES string of the molecule is CCC(=O)O[C@@H]1[C@@H]2C(C(=O)c3c(O)cccc3[C@H]2C)C(=O)[C@@]2(O)C(=O)C(C(N)=O)C(=O)[C@H](N(C)C)[C@@H]12. The van der Waals surface area contributed by atoms with Crippen molar-refractivity contribution in [1.29, 1.82) is 0 Å². The van der Waals surface area contributed by atoms with Crippen molar-refractivity contribution in [2.24, 2.45) is 29.4 Å². The zero-order valence-electron chi connectivity index (χ0n) is 20.3. The Morgan fingerprint density at radius 2 is 1.78 bits per heavy atom. The van der Waals surface area contributed by atoms with Gasteiger partial charge in [-0.2, -0.15) is 0 Å². The van der Waals surface area contributed by atoms with Crippen molar-refractivity contribution < 1.29 is 43.7 Å². The van der Waals surface area contributed by atoms with E-state index in [1.54, 1.807) is 13.0 Å². The number of hydrogen-bond acceptors (Lipinski definition) is 10. The molecule has 0 heterocycles. The lowest BCUT2D eigenvalue weighted by Crippen LogP contribution is -2.78. The van der Waals surface area contributed by atoms with Crippen LogP contribution in [0.25, 0.3) is 0 Å². The van der Waals surface area contributed by atoms with Gasteiger partial charge in [-0.25, -0.2) is 0 Å². The first kappa shape index (κ1) is 25.6. The summed E-state index contributed by atoms with van der Waals surface area (Å²) in [5, 5.41) is 22.2. The van der Waals surface area contributed by atoms with E-state index in [0.29, 0.717) is 5.56 Å². The number of esters is 1. The Morgan fingerprint density at radius 1 is 1.14 bits per heavy atom. The number of carbonyl (C=O) groups is 6. The molecule has 1 aromatic rings. The molecule has 11 heteroatoms. The first-order valence-electron chi connectivity index (χ1n) is 11.7. The van der Waals surface area contributed by atoms with Crippen LogP contribution in [-0.2, 0) is 28.7 Å². The summed E-state index contributed by atoms with van der Waals surface area (Å²) in [6.07, 6.45) is -1.51. The summed E-state index contributed by atoms with van der Waals surface area (Å²) in [5.41, 5.74) is 2.59. The normalized spacial score (nSPS) is 35.7. The van der Waals surface area contributed by atoms with Gasteiger partial charge in [0.1, 0.15) is 11.9 Å². The molecule has 2 fully saturated rings. The van der Waals surface area contributed by atoms with Crippen molar-refractivity contribution in [2.45, 2.75) is 43.9 Å². The fourth-order valence-electron chi connectivity index (χ4n) is 6.30. The Bertz CT molecular complexity index is 1210. The highest BCUT2D eigenvalue weighted by Crippen LogP contribution is 2.55. The lowest BCUT2D eigenvalue weighted by atomic mass is 9.49. The molecule has 0 radical (unpaired) electrons. The number of aliphatic hydroxyl groups is 1. The molecule has 3 aliphatic rings. The van der Waals surface area contributed by atoms with Crippen molar-refractivity contribution in [3.05, 3.63) is 29.3 Å². The second-order valence-electron chi connectivity index (χ2n) is 9.92. The Kier molecular flexibility index (Phi) is 6.12. The van der Waals surface area contributed by atoms with Gasteiger partial charge in [-0.15, -0.1) is 0 Å². The molecular weight excluding hydrogens is 472 g/mol. The van der Waals surface area contributed by atoms with Gasteiger partial charge in [-0.05, 0) is 31.6 Å². The van der Waals surface area contributed by atoms with Gasteiger partial charge in [0.25, 0.3) is 0 Å². The number of likely N-dealkylation sites (N-methyl/N-ethyl adjacent to an activating group) is 1. The minimum atomic E-state index is -3.01. The topological polar surface area (TPSA) is 181 Å². The van der Waals surface area contributed by atoms with Gasteiger partial charge in [0.15, 0.2) is 34.7 Å². The zero-order chi connectivity index (χ0) is 26.9. The smallest absolute Gasteiger partial charge is 0.305 e. The second kappa shape index (κ2) is 8.59. The van der Waals surface area contributed by atoms with E-state index in [2.05, 4.69) is 0 Å². The molecule has 36 heavy (non-hydrogen) atoms. The first-order valence-corrected chi connectivity index (χ1v) is 11.7. The summed E-state index contributed by atoms with van der Waals surface area (Å²) in [6.45, 7) is 3.20. The Morgan fingerprint density at radius 3 is 2.33 bits per heavy atom.